The minimum absolute atomic E-state index is 0.553. The number of nitriles is 1. The van der Waals surface area contributed by atoms with E-state index >= 15 is 0 Å². The first-order valence-electron chi connectivity index (χ1n) is 12.3. The highest BCUT2D eigenvalue weighted by Gasteiger charge is 2.31. The monoisotopic (exact) mass is 413 g/mol. The molecule has 2 aliphatic rings. The maximum absolute atomic E-state index is 9.66. The van der Waals surface area contributed by atoms with Gasteiger partial charge < -0.3 is 4.90 Å². The Bertz CT molecular complexity index is 974. The summed E-state index contributed by atoms with van der Waals surface area (Å²) in [4.78, 5) is 2.68. The van der Waals surface area contributed by atoms with Crippen LogP contribution in [0, 0.1) is 35.5 Å². The normalized spacial score (nSPS) is 21.1. The molecule has 2 fully saturated rings. The van der Waals surface area contributed by atoms with E-state index in [4.69, 9.17) is 0 Å². The SMILES string of the molecule is CCCC(=C(c1cccc2c(C#N)cccc12)C1CCC1)C1[CH]CCN(CC(C)C)C1. The molecule has 0 N–H and O–H groups in total. The van der Waals surface area contributed by atoms with Crippen molar-refractivity contribution in [2.24, 2.45) is 17.8 Å². The maximum atomic E-state index is 9.66. The summed E-state index contributed by atoms with van der Waals surface area (Å²) in [6.45, 7) is 10.6. The minimum Gasteiger partial charge on any atom is -0.302 e. The van der Waals surface area contributed by atoms with Crippen LogP contribution in [-0.2, 0) is 0 Å². The van der Waals surface area contributed by atoms with Crippen LogP contribution in [0.3, 0.4) is 0 Å². The summed E-state index contributed by atoms with van der Waals surface area (Å²) in [7, 11) is 0. The summed E-state index contributed by atoms with van der Waals surface area (Å²) in [5.74, 6) is 1.94. The van der Waals surface area contributed by atoms with Gasteiger partial charge in [-0.3, -0.25) is 0 Å². The van der Waals surface area contributed by atoms with Gasteiger partial charge in [-0.1, -0.05) is 69.5 Å². The predicted octanol–water partition coefficient (Wildman–Crippen LogP) is 7.25. The van der Waals surface area contributed by atoms with Gasteiger partial charge in [0.1, 0.15) is 0 Å². The van der Waals surface area contributed by atoms with Crippen LogP contribution >= 0.6 is 0 Å². The second-order valence-electron chi connectivity index (χ2n) is 9.92. The molecule has 1 unspecified atom stereocenters. The number of hydrogen-bond acceptors (Lipinski definition) is 2. The molecule has 1 saturated carbocycles. The van der Waals surface area contributed by atoms with Gasteiger partial charge in [0.25, 0.3) is 0 Å². The highest BCUT2D eigenvalue weighted by Crippen LogP contribution is 2.46. The third-order valence-corrected chi connectivity index (χ3v) is 7.13. The van der Waals surface area contributed by atoms with E-state index in [2.05, 4.69) is 68.5 Å². The zero-order chi connectivity index (χ0) is 21.8. The van der Waals surface area contributed by atoms with Crippen LogP contribution in [0.15, 0.2) is 42.0 Å². The Morgan fingerprint density at radius 3 is 2.58 bits per heavy atom. The molecule has 31 heavy (non-hydrogen) atoms. The standard InChI is InChI=1S/C29H37N2/c1-4-9-26(24-13-8-17-31(20-24)19-21(2)3)29(22-10-5-11-22)28-16-7-14-25-23(18-30)12-6-15-27(25)28/h6-7,12-16,21-22,24H,4-5,8-11,17,19-20H2,1-3H3. The first kappa shape index (κ1) is 22.1. The molecule has 1 radical (unpaired) electrons. The predicted molar refractivity (Wildman–Crippen MR) is 132 cm³/mol. The smallest absolute Gasteiger partial charge is 0.0998 e. The van der Waals surface area contributed by atoms with Gasteiger partial charge >= 0.3 is 0 Å². The van der Waals surface area contributed by atoms with Crippen LogP contribution in [0.4, 0.5) is 0 Å². The van der Waals surface area contributed by atoms with Gasteiger partial charge in [-0.25, -0.2) is 0 Å². The topological polar surface area (TPSA) is 27.0 Å². The number of allylic oxidation sites excluding steroid dienone is 1. The fraction of sp³-hybridized carbons (Fsp3) is 0.517. The van der Waals surface area contributed by atoms with Crippen molar-refractivity contribution in [2.75, 3.05) is 19.6 Å². The second-order valence-corrected chi connectivity index (χ2v) is 9.92. The Hall–Kier alpha value is -2.11. The van der Waals surface area contributed by atoms with Gasteiger partial charge in [0.15, 0.2) is 0 Å². The number of benzene rings is 2. The molecule has 1 aliphatic carbocycles. The lowest BCUT2D eigenvalue weighted by atomic mass is 9.70. The summed E-state index contributed by atoms with van der Waals surface area (Å²) < 4.78 is 0. The van der Waals surface area contributed by atoms with Crippen LogP contribution in [-0.4, -0.2) is 24.5 Å². The average molecular weight is 414 g/mol. The largest absolute Gasteiger partial charge is 0.302 e. The Morgan fingerprint density at radius 1 is 1.13 bits per heavy atom. The Morgan fingerprint density at radius 2 is 1.90 bits per heavy atom. The van der Waals surface area contributed by atoms with E-state index in [9.17, 15) is 5.26 Å². The zero-order valence-electron chi connectivity index (χ0n) is 19.5. The number of nitrogens with zero attached hydrogens (tertiary/aromatic N) is 2. The molecule has 163 valence electrons. The lowest BCUT2D eigenvalue weighted by Gasteiger charge is -2.39. The summed E-state index contributed by atoms with van der Waals surface area (Å²) in [5.41, 5.74) is 5.46. The van der Waals surface area contributed by atoms with Gasteiger partial charge in [-0.2, -0.15) is 5.26 Å². The van der Waals surface area contributed by atoms with Crippen molar-refractivity contribution >= 4 is 16.3 Å². The van der Waals surface area contributed by atoms with Crippen LogP contribution in [0.2, 0.25) is 0 Å². The Kier molecular flexibility index (Phi) is 7.13. The number of hydrogen-bond donors (Lipinski definition) is 0. The molecule has 2 nitrogen and oxygen atoms in total. The fourth-order valence-corrected chi connectivity index (χ4v) is 5.62. The molecule has 1 heterocycles. The summed E-state index contributed by atoms with van der Waals surface area (Å²) >= 11 is 0. The van der Waals surface area contributed by atoms with E-state index < -0.39 is 0 Å². The summed E-state index contributed by atoms with van der Waals surface area (Å²) in [5, 5.41) is 12.0. The van der Waals surface area contributed by atoms with E-state index in [0.29, 0.717) is 17.8 Å². The van der Waals surface area contributed by atoms with E-state index in [1.165, 1.54) is 62.6 Å². The molecule has 0 aromatic heterocycles. The molecule has 4 rings (SSSR count). The average Bonchev–Trinajstić information content (AvgIpc) is 2.73. The third kappa shape index (κ3) is 4.73. The van der Waals surface area contributed by atoms with E-state index in [1.807, 2.05) is 6.07 Å². The molecule has 0 amide bonds. The van der Waals surface area contributed by atoms with Gasteiger partial charge in [0.2, 0.25) is 0 Å². The number of rotatable bonds is 7. The van der Waals surface area contributed by atoms with Crippen molar-refractivity contribution in [2.45, 2.75) is 59.3 Å². The summed E-state index contributed by atoms with van der Waals surface area (Å²) in [6, 6.07) is 15.2. The number of fused-ring (bicyclic) bond motifs is 1. The first-order valence-corrected chi connectivity index (χ1v) is 12.3. The van der Waals surface area contributed by atoms with Crippen molar-refractivity contribution in [1.82, 2.24) is 4.90 Å². The van der Waals surface area contributed by atoms with Crippen molar-refractivity contribution < 1.29 is 0 Å². The molecular weight excluding hydrogens is 376 g/mol. The Labute approximate surface area is 188 Å². The van der Waals surface area contributed by atoms with Gasteiger partial charge in [0, 0.05) is 18.5 Å². The molecule has 1 aliphatic heterocycles. The van der Waals surface area contributed by atoms with E-state index in [-0.39, 0.29) is 0 Å². The maximum Gasteiger partial charge on any atom is 0.0998 e. The number of likely N-dealkylation sites (tertiary alicyclic amines) is 1. The molecule has 0 spiro atoms. The lowest BCUT2D eigenvalue weighted by Crippen LogP contribution is -2.39. The zero-order valence-corrected chi connectivity index (χ0v) is 19.5. The van der Waals surface area contributed by atoms with Gasteiger partial charge in [-0.15, -0.1) is 0 Å². The van der Waals surface area contributed by atoms with Crippen molar-refractivity contribution in [1.29, 1.82) is 5.26 Å². The molecule has 2 aromatic carbocycles. The van der Waals surface area contributed by atoms with E-state index in [0.717, 1.165) is 17.5 Å². The van der Waals surface area contributed by atoms with Gasteiger partial charge in [0.05, 0.1) is 11.6 Å². The molecule has 2 heteroatoms. The summed E-state index contributed by atoms with van der Waals surface area (Å²) in [6.07, 6.45) is 10.1. The fourth-order valence-electron chi connectivity index (χ4n) is 5.62. The molecule has 1 atom stereocenters. The van der Waals surface area contributed by atoms with Crippen molar-refractivity contribution in [3.8, 4) is 6.07 Å². The van der Waals surface area contributed by atoms with Crippen LogP contribution < -0.4 is 0 Å². The Balaban J connectivity index is 1.83. The second kappa shape index (κ2) is 10.0. The van der Waals surface area contributed by atoms with Crippen molar-refractivity contribution in [3.05, 3.63) is 59.5 Å². The third-order valence-electron chi connectivity index (χ3n) is 7.13. The minimum atomic E-state index is 0.553. The molecular formula is C29H37N2. The van der Waals surface area contributed by atoms with Crippen LogP contribution in [0.25, 0.3) is 16.3 Å². The first-order chi connectivity index (χ1) is 15.1. The quantitative estimate of drug-likeness (QED) is 0.478. The number of piperidine rings is 1. The highest BCUT2D eigenvalue weighted by molar-refractivity contribution is 5.98. The van der Waals surface area contributed by atoms with Crippen LogP contribution in [0.5, 0.6) is 0 Å². The van der Waals surface area contributed by atoms with E-state index in [1.54, 1.807) is 11.1 Å². The highest BCUT2D eigenvalue weighted by atomic mass is 15.1. The molecule has 0 bridgehead atoms. The lowest BCUT2D eigenvalue weighted by molar-refractivity contribution is 0.200. The molecule has 2 aromatic rings. The van der Waals surface area contributed by atoms with Crippen LogP contribution in [0.1, 0.15) is 70.4 Å². The van der Waals surface area contributed by atoms with Gasteiger partial charge in [-0.05, 0) is 79.0 Å². The molecule has 1 saturated heterocycles. The van der Waals surface area contributed by atoms with Crippen molar-refractivity contribution in [3.63, 3.8) is 0 Å².